The summed E-state index contributed by atoms with van der Waals surface area (Å²) in [6, 6.07) is 11.8. The van der Waals surface area contributed by atoms with Gasteiger partial charge in [-0.25, -0.2) is 4.79 Å². The number of amides is 1. The van der Waals surface area contributed by atoms with E-state index in [0.29, 0.717) is 27.7 Å². The quantitative estimate of drug-likeness (QED) is 0.851. The fourth-order valence-electron chi connectivity index (χ4n) is 2.28. The zero-order chi connectivity index (χ0) is 15.7. The summed E-state index contributed by atoms with van der Waals surface area (Å²) in [5.74, 6) is -0.939. The van der Waals surface area contributed by atoms with Crippen molar-refractivity contribution in [2.75, 3.05) is 5.32 Å². The summed E-state index contributed by atoms with van der Waals surface area (Å²) in [6.45, 7) is 0. The van der Waals surface area contributed by atoms with Gasteiger partial charge in [0, 0.05) is 11.4 Å². The highest BCUT2D eigenvalue weighted by atomic mass is 35.5. The lowest BCUT2D eigenvalue weighted by Crippen LogP contribution is -2.38. The molecule has 2 aromatic rings. The number of nitrogens with one attached hydrogen (secondary N) is 1. The summed E-state index contributed by atoms with van der Waals surface area (Å²) in [4.78, 5) is 24.2. The molecule has 0 fully saturated rings. The first kappa shape index (κ1) is 14.9. The van der Waals surface area contributed by atoms with Crippen molar-refractivity contribution in [2.45, 2.75) is 12.5 Å². The van der Waals surface area contributed by atoms with Crippen molar-refractivity contribution in [2.24, 2.45) is 0 Å². The molecule has 22 heavy (non-hydrogen) atoms. The predicted molar refractivity (Wildman–Crippen MR) is 84.4 cm³/mol. The van der Waals surface area contributed by atoms with Crippen molar-refractivity contribution in [3.63, 3.8) is 0 Å². The smallest absolute Gasteiger partial charge is 0.339 e. The summed E-state index contributed by atoms with van der Waals surface area (Å²) in [5.41, 5.74) is 1.66. The number of carbonyl (C=O) groups excluding carboxylic acids is 2. The van der Waals surface area contributed by atoms with Gasteiger partial charge in [0.05, 0.1) is 16.3 Å². The van der Waals surface area contributed by atoms with Crippen LogP contribution in [0.5, 0.6) is 0 Å². The third kappa shape index (κ3) is 2.93. The highest BCUT2D eigenvalue weighted by Gasteiger charge is 2.31. The highest BCUT2D eigenvalue weighted by Crippen LogP contribution is 2.27. The first-order chi connectivity index (χ1) is 10.5. The van der Waals surface area contributed by atoms with Crippen LogP contribution in [0.15, 0.2) is 42.5 Å². The Kier molecular flexibility index (Phi) is 4.05. The molecule has 1 N–H and O–H groups in total. The first-order valence-electron chi connectivity index (χ1n) is 6.59. The van der Waals surface area contributed by atoms with E-state index in [1.54, 1.807) is 30.3 Å². The molecule has 0 bridgehead atoms. The SMILES string of the molecule is O=C1OC(C(=O)Nc2cc(Cl)ccc2Cl)Cc2ccccc21. The van der Waals surface area contributed by atoms with Crippen LogP contribution < -0.4 is 5.32 Å². The van der Waals surface area contributed by atoms with Crippen LogP contribution in [0.2, 0.25) is 10.0 Å². The number of fused-ring (bicyclic) bond motifs is 1. The van der Waals surface area contributed by atoms with Gasteiger partial charge in [-0.05, 0) is 29.8 Å². The van der Waals surface area contributed by atoms with E-state index in [-0.39, 0.29) is 0 Å². The van der Waals surface area contributed by atoms with E-state index in [1.807, 2.05) is 12.1 Å². The molecule has 1 amide bonds. The monoisotopic (exact) mass is 335 g/mol. The third-order valence-corrected chi connectivity index (χ3v) is 3.94. The maximum Gasteiger partial charge on any atom is 0.339 e. The van der Waals surface area contributed by atoms with Crippen LogP contribution in [0.3, 0.4) is 0 Å². The Hall–Kier alpha value is -2.04. The molecule has 0 spiro atoms. The molecule has 1 unspecified atom stereocenters. The number of benzene rings is 2. The third-order valence-electron chi connectivity index (χ3n) is 3.37. The number of hydrogen-bond acceptors (Lipinski definition) is 3. The second-order valence-electron chi connectivity index (χ2n) is 4.87. The molecule has 0 aromatic heterocycles. The molecule has 0 saturated heterocycles. The van der Waals surface area contributed by atoms with Gasteiger partial charge in [0.2, 0.25) is 0 Å². The molecule has 112 valence electrons. The lowest BCUT2D eigenvalue weighted by molar-refractivity contribution is -0.125. The Labute approximate surface area is 137 Å². The van der Waals surface area contributed by atoms with Crippen molar-refractivity contribution < 1.29 is 14.3 Å². The van der Waals surface area contributed by atoms with Gasteiger partial charge in [-0.2, -0.15) is 0 Å². The molecule has 1 aliphatic rings. The minimum Gasteiger partial charge on any atom is -0.448 e. The fraction of sp³-hybridized carbons (Fsp3) is 0.125. The number of hydrogen-bond donors (Lipinski definition) is 1. The van der Waals surface area contributed by atoms with Gasteiger partial charge in [0.25, 0.3) is 5.91 Å². The molecule has 2 aromatic carbocycles. The van der Waals surface area contributed by atoms with Crippen molar-refractivity contribution in [1.29, 1.82) is 0 Å². The van der Waals surface area contributed by atoms with Crippen LogP contribution in [0.4, 0.5) is 5.69 Å². The second kappa shape index (κ2) is 5.99. The molecule has 1 heterocycles. The summed E-state index contributed by atoms with van der Waals surface area (Å²) in [6.07, 6.45) is -0.566. The molecule has 3 rings (SSSR count). The van der Waals surface area contributed by atoms with Gasteiger partial charge < -0.3 is 10.1 Å². The van der Waals surface area contributed by atoms with E-state index >= 15 is 0 Å². The average Bonchev–Trinajstić information content (AvgIpc) is 2.51. The first-order valence-corrected chi connectivity index (χ1v) is 7.35. The van der Waals surface area contributed by atoms with E-state index < -0.39 is 18.0 Å². The minimum atomic E-state index is -0.891. The van der Waals surface area contributed by atoms with Crippen LogP contribution in [0.1, 0.15) is 15.9 Å². The van der Waals surface area contributed by atoms with E-state index in [2.05, 4.69) is 5.32 Å². The summed E-state index contributed by atoms with van der Waals surface area (Å²) in [5, 5.41) is 3.45. The van der Waals surface area contributed by atoms with Gasteiger partial charge in [-0.3, -0.25) is 4.79 Å². The van der Waals surface area contributed by atoms with Gasteiger partial charge in [0.15, 0.2) is 6.10 Å². The molecule has 1 atom stereocenters. The van der Waals surface area contributed by atoms with E-state index in [1.165, 1.54) is 0 Å². The topological polar surface area (TPSA) is 55.4 Å². The zero-order valence-electron chi connectivity index (χ0n) is 11.3. The lowest BCUT2D eigenvalue weighted by atomic mass is 9.98. The van der Waals surface area contributed by atoms with E-state index in [0.717, 1.165) is 5.56 Å². The summed E-state index contributed by atoms with van der Waals surface area (Å²) in [7, 11) is 0. The Morgan fingerprint density at radius 2 is 1.95 bits per heavy atom. The number of esters is 1. The average molecular weight is 336 g/mol. The maximum atomic E-state index is 12.3. The van der Waals surface area contributed by atoms with Crippen molar-refractivity contribution in [3.8, 4) is 0 Å². The van der Waals surface area contributed by atoms with Crippen LogP contribution >= 0.6 is 23.2 Å². The number of rotatable bonds is 2. The number of cyclic esters (lactones) is 1. The Morgan fingerprint density at radius 1 is 1.18 bits per heavy atom. The second-order valence-corrected chi connectivity index (χ2v) is 5.71. The van der Waals surface area contributed by atoms with Gasteiger partial charge in [-0.15, -0.1) is 0 Å². The van der Waals surface area contributed by atoms with Crippen LogP contribution in [-0.2, 0) is 16.0 Å². The predicted octanol–water partition coefficient (Wildman–Crippen LogP) is 3.71. The molecule has 4 nitrogen and oxygen atoms in total. The number of anilines is 1. The molecule has 6 heteroatoms. The lowest BCUT2D eigenvalue weighted by Gasteiger charge is -2.24. The zero-order valence-corrected chi connectivity index (χ0v) is 12.8. The molecule has 1 aliphatic heterocycles. The molecular formula is C16H11Cl2NO3. The molecule has 0 saturated carbocycles. The highest BCUT2D eigenvalue weighted by molar-refractivity contribution is 6.35. The largest absolute Gasteiger partial charge is 0.448 e. The van der Waals surface area contributed by atoms with E-state index in [9.17, 15) is 9.59 Å². The minimum absolute atomic E-state index is 0.325. The van der Waals surface area contributed by atoms with Crippen molar-refractivity contribution >= 4 is 40.8 Å². The normalized spacial score (nSPS) is 16.6. The summed E-state index contributed by atoms with van der Waals surface area (Å²) >= 11 is 11.9. The van der Waals surface area contributed by atoms with Gasteiger partial charge in [-0.1, -0.05) is 41.4 Å². The molecule has 0 aliphatic carbocycles. The van der Waals surface area contributed by atoms with E-state index in [4.69, 9.17) is 27.9 Å². The number of ether oxygens (including phenoxy) is 1. The van der Waals surface area contributed by atoms with Gasteiger partial charge >= 0.3 is 5.97 Å². The summed E-state index contributed by atoms with van der Waals surface area (Å²) < 4.78 is 5.19. The van der Waals surface area contributed by atoms with Gasteiger partial charge in [0.1, 0.15) is 0 Å². The van der Waals surface area contributed by atoms with Crippen LogP contribution in [0, 0.1) is 0 Å². The number of halogens is 2. The van der Waals surface area contributed by atoms with Crippen molar-refractivity contribution in [1.82, 2.24) is 0 Å². The Morgan fingerprint density at radius 3 is 2.77 bits per heavy atom. The van der Waals surface area contributed by atoms with Crippen LogP contribution in [-0.4, -0.2) is 18.0 Å². The Balaban J connectivity index is 1.79. The molecule has 0 radical (unpaired) electrons. The number of carbonyl (C=O) groups is 2. The molecular weight excluding hydrogens is 325 g/mol. The maximum absolute atomic E-state index is 12.3. The fourth-order valence-corrected chi connectivity index (χ4v) is 2.62. The van der Waals surface area contributed by atoms with Crippen molar-refractivity contribution in [3.05, 3.63) is 63.6 Å². The Bertz CT molecular complexity index is 761. The van der Waals surface area contributed by atoms with Crippen LogP contribution in [0.25, 0.3) is 0 Å². The standard InChI is InChI=1S/C16H11Cl2NO3/c17-10-5-6-12(18)13(8-10)19-15(20)14-7-9-3-1-2-4-11(9)16(21)22-14/h1-6,8,14H,7H2,(H,19,20).